The van der Waals surface area contributed by atoms with Gasteiger partial charge in [0, 0.05) is 88.7 Å². The Morgan fingerprint density at radius 1 is 0.519 bits per heavy atom. The average Bonchev–Trinajstić information content (AvgIpc) is 1.62. The number of carbonyl (C=O) groups is 7. The van der Waals surface area contributed by atoms with Gasteiger partial charge in [0.15, 0.2) is 0 Å². The largest absolute Gasteiger partial charge is 0.494 e. The van der Waals surface area contributed by atoms with E-state index < -0.39 is 41.4 Å². The number of aliphatic hydroxyl groups is 1. The minimum absolute atomic E-state index is 0.0826. The van der Waals surface area contributed by atoms with E-state index in [-0.39, 0.29) is 87.0 Å². The quantitative estimate of drug-likeness (QED) is 0.0176. The van der Waals surface area contributed by atoms with Crippen molar-refractivity contribution in [1.29, 1.82) is 0 Å². The molecule has 2 aliphatic heterocycles. The van der Waals surface area contributed by atoms with Crippen LogP contribution in [0, 0.1) is 13.8 Å². The van der Waals surface area contributed by atoms with Crippen LogP contribution in [0.4, 0.5) is 11.9 Å². The van der Waals surface area contributed by atoms with Crippen molar-refractivity contribution in [3.05, 3.63) is 94.6 Å². The lowest BCUT2D eigenvalue weighted by Crippen LogP contribution is -2.47. The Kier molecular flexibility index (Phi) is 34.8. The monoisotopic (exact) mass is 1480 g/mol. The molecular formula is C70H100N16O20. The normalized spacial score (nSPS) is 13.5. The minimum Gasteiger partial charge on any atom is -0.494 e. The van der Waals surface area contributed by atoms with Gasteiger partial charge in [-0.25, -0.2) is 9.97 Å². The summed E-state index contributed by atoms with van der Waals surface area (Å²) in [5.41, 5.74) is 15.2. The number of methoxy groups -OCH3 is 1. The number of carbonyl (C=O) groups excluding carboxylic acids is 7. The van der Waals surface area contributed by atoms with Gasteiger partial charge in [-0.1, -0.05) is 12.2 Å². The van der Waals surface area contributed by atoms with Crippen LogP contribution in [0.3, 0.4) is 0 Å². The summed E-state index contributed by atoms with van der Waals surface area (Å²) < 4.78 is 74.4. The van der Waals surface area contributed by atoms with E-state index in [1.807, 2.05) is 19.1 Å². The fourth-order valence-corrected chi connectivity index (χ4v) is 11.2. The van der Waals surface area contributed by atoms with Gasteiger partial charge in [-0.15, -0.1) is 0 Å². The number of rotatable bonds is 54. The molecule has 2 aliphatic rings. The van der Waals surface area contributed by atoms with Crippen LogP contribution in [0.15, 0.2) is 60.7 Å². The summed E-state index contributed by atoms with van der Waals surface area (Å²) in [6.07, 6.45) is 6.58. The predicted molar refractivity (Wildman–Crippen MR) is 385 cm³/mol. The van der Waals surface area contributed by atoms with E-state index in [1.54, 1.807) is 51.9 Å². The van der Waals surface area contributed by atoms with E-state index in [1.165, 1.54) is 23.9 Å². The lowest BCUT2D eigenvalue weighted by Gasteiger charge is -2.34. The molecule has 0 radical (unpaired) electrons. The Morgan fingerprint density at radius 2 is 0.925 bits per heavy atom. The molecule has 8 rings (SSSR count). The number of primary amides is 2. The summed E-state index contributed by atoms with van der Waals surface area (Å²) in [7, 11) is 1.44. The molecule has 0 aliphatic carbocycles. The van der Waals surface area contributed by atoms with Gasteiger partial charge < -0.3 is 92.8 Å². The second-order valence-electron chi connectivity index (χ2n) is 24.1. The number of nitrogens with one attached hydrogen (secondary N) is 3. The second kappa shape index (κ2) is 44.7. The van der Waals surface area contributed by atoms with Gasteiger partial charge in [-0.3, -0.25) is 63.4 Å². The summed E-state index contributed by atoms with van der Waals surface area (Å²) >= 11 is 0. The number of aliphatic hydroxyl groups excluding tert-OH is 1. The predicted octanol–water partition coefficient (Wildman–Crippen LogP) is 0.969. The molecule has 0 spiro atoms. The number of aryl methyl sites for hydroxylation is 3. The van der Waals surface area contributed by atoms with Crippen LogP contribution in [0.25, 0.3) is 22.1 Å². The van der Waals surface area contributed by atoms with Crippen LogP contribution in [0.5, 0.6) is 11.5 Å². The molecule has 0 saturated carbocycles. The first-order chi connectivity index (χ1) is 51.5. The van der Waals surface area contributed by atoms with Crippen LogP contribution in [0.2, 0.25) is 0 Å². The number of piperazine rings is 1. The third-order valence-corrected chi connectivity index (χ3v) is 16.5. The lowest BCUT2D eigenvalue weighted by molar-refractivity contribution is -0.141. The van der Waals surface area contributed by atoms with Crippen molar-refractivity contribution in [2.75, 3.05) is 215 Å². The number of anilines is 2. The molecule has 6 aromatic rings. The first-order valence-electron chi connectivity index (χ1n) is 35.4. The fraction of sp³-hybridized carbons (Fsp3) is 0.557. The van der Waals surface area contributed by atoms with Crippen molar-refractivity contribution < 1.29 is 95.5 Å². The number of amides is 7. The molecule has 7 amide bonds. The molecule has 8 N–H and O–H groups in total. The highest BCUT2D eigenvalue weighted by atomic mass is 16.6. The molecule has 0 atom stereocenters. The fourth-order valence-electron chi connectivity index (χ4n) is 11.2. The summed E-state index contributed by atoms with van der Waals surface area (Å²) in [6.45, 7) is 19.7. The Bertz CT molecular complexity index is 3860. The first kappa shape index (κ1) is 82.5. The SMILES string of the molecule is CCn1nc(C)cc1C(=O)Nc1nc2cc(C(N)=O)cc(OCCCN3CCN(CCOCCOCCOCCOCCOCCOCCOCCOCCOCCOCCNC(=O)CN4C(=O)C=CC4=O)CC3)c2n1C/C=C/Cn1c(NC(=O)c2cc(C)nn2CCO)nc2cc(C(N)=O)cc(OC)c21. The molecule has 2 aromatic carbocycles. The zero-order chi connectivity index (χ0) is 75.4. The third kappa shape index (κ3) is 26.1. The maximum absolute atomic E-state index is 14.1. The van der Waals surface area contributed by atoms with E-state index in [2.05, 4.69) is 35.9 Å². The summed E-state index contributed by atoms with van der Waals surface area (Å²) in [5, 5.41) is 26.9. The number of ether oxygens (including phenoxy) is 12. The molecule has 106 heavy (non-hydrogen) atoms. The summed E-state index contributed by atoms with van der Waals surface area (Å²) in [6, 6.07) is 9.42. The standard InChI is InChI=1S/C70H100N16O20/c1-5-85-56(43-50(2)78-85)67(93)76-70-75-55-46-53(66(72)92)48-59(64(55)83(70)14-7-6-13-82-63-54(45-52(65(71)91)47-58(63)95-4)74-69(82)77-68(94)57-44-51(3)79-86(57)19-21-87)106-22-8-12-80-15-17-81(18-16-80)20-24-97-26-28-99-30-32-101-34-36-103-38-40-105-42-41-104-39-37-102-35-33-100-31-29-98-27-25-96-23-11-73-60(88)49-84-61(89)9-10-62(84)90/h6-7,9-10,43-48,87H,5,8,11-42,49H2,1-4H3,(H2,71,91)(H2,72,92)(H,73,88)(H,74,77,94)(H,75,76,93)/b7-6+. The third-order valence-electron chi connectivity index (χ3n) is 16.5. The van der Waals surface area contributed by atoms with E-state index in [9.17, 15) is 38.7 Å². The number of hydrogen-bond donors (Lipinski definition) is 6. The van der Waals surface area contributed by atoms with Crippen LogP contribution in [-0.4, -0.2) is 305 Å². The number of benzene rings is 2. The molecule has 1 fully saturated rings. The van der Waals surface area contributed by atoms with E-state index in [0.29, 0.717) is 183 Å². The molecule has 1 saturated heterocycles. The van der Waals surface area contributed by atoms with E-state index in [0.717, 1.165) is 56.3 Å². The van der Waals surface area contributed by atoms with Gasteiger partial charge in [-0.2, -0.15) is 10.2 Å². The van der Waals surface area contributed by atoms with Crippen LogP contribution in [0.1, 0.15) is 66.4 Å². The first-order valence-corrected chi connectivity index (χ1v) is 35.4. The van der Waals surface area contributed by atoms with Gasteiger partial charge in [0.05, 0.1) is 181 Å². The van der Waals surface area contributed by atoms with Crippen molar-refractivity contribution in [2.24, 2.45) is 11.5 Å². The molecule has 580 valence electrons. The highest BCUT2D eigenvalue weighted by Crippen LogP contribution is 2.33. The number of hydrogen-bond acceptors (Lipinski definition) is 26. The maximum atomic E-state index is 14.1. The lowest BCUT2D eigenvalue weighted by atomic mass is 10.1. The number of imide groups is 1. The average molecular weight is 1490 g/mol. The molecule has 6 heterocycles. The maximum Gasteiger partial charge on any atom is 0.276 e. The number of nitrogens with two attached hydrogens (primary N) is 2. The molecule has 4 aromatic heterocycles. The molecular weight excluding hydrogens is 1380 g/mol. The zero-order valence-corrected chi connectivity index (χ0v) is 60.8. The van der Waals surface area contributed by atoms with Gasteiger partial charge in [-0.05, 0) is 63.6 Å². The topological polar surface area (TPSA) is 420 Å². The highest BCUT2D eigenvalue weighted by molar-refractivity contribution is 6.14. The van der Waals surface area contributed by atoms with Crippen molar-refractivity contribution in [2.45, 2.75) is 53.4 Å². The highest BCUT2D eigenvalue weighted by Gasteiger charge is 2.27. The van der Waals surface area contributed by atoms with Gasteiger partial charge in [0.2, 0.25) is 29.6 Å². The van der Waals surface area contributed by atoms with E-state index in [4.69, 9.17) is 78.3 Å². The van der Waals surface area contributed by atoms with Gasteiger partial charge in [0.25, 0.3) is 23.6 Å². The Balaban J connectivity index is 0.668. The van der Waals surface area contributed by atoms with Crippen LogP contribution in [-0.2, 0) is 87.9 Å². The molecule has 0 bridgehead atoms. The van der Waals surface area contributed by atoms with Crippen molar-refractivity contribution in [3.63, 3.8) is 0 Å². The molecule has 36 heteroatoms. The van der Waals surface area contributed by atoms with Crippen molar-refractivity contribution >= 4 is 75.3 Å². The molecule has 36 nitrogen and oxygen atoms in total. The van der Waals surface area contributed by atoms with E-state index >= 15 is 0 Å². The molecule has 0 unspecified atom stereocenters. The van der Waals surface area contributed by atoms with Gasteiger partial charge >= 0.3 is 0 Å². The Labute approximate surface area is 613 Å². The number of aromatic nitrogens is 8. The number of imidazole rings is 2. The Morgan fingerprint density at radius 3 is 1.36 bits per heavy atom. The van der Waals surface area contributed by atoms with Crippen LogP contribution >= 0.6 is 0 Å². The summed E-state index contributed by atoms with van der Waals surface area (Å²) in [4.78, 5) is 103. The minimum atomic E-state index is -0.702. The zero-order valence-electron chi connectivity index (χ0n) is 60.8. The Hall–Kier alpha value is -9.15. The summed E-state index contributed by atoms with van der Waals surface area (Å²) in [5.74, 6) is -2.97. The van der Waals surface area contributed by atoms with Gasteiger partial charge in [0.1, 0.15) is 40.5 Å². The van der Waals surface area contributed by atoms with Crippen molar-refractivity contribution in [1.82, 2.24) is 58.7 Å². The number of nitrogens with zero attached hydrogens (tertiary/aromatic N) is 11. The second-order valence-corrected chi connectivity index (χ2v) is 24.1. The number of allylic oxidation sites excluding steroid dienone is 2. The van der Waals surface area contributed by atoms with Crippen LogP contribution < -0.4 is 36.9 Å². The smallest absolute Gasteiger partial charge is 0.276 e. The van der Waals surface area contributed by atoms with Crippen molar-refractivity contribution in [3.8, 4) is 11.5 Å². The number of fused-ring (bicyclic) bond motifs is 2.